The summed E-state index contributed by atoms with van der Waals surface area (Å²) in [6.45, 7) is 8.68. The van der Waals surface area contributed by atoms with E-state index in [2.05, 4.69) is 60.1 Å². The van der Waals surface area contributed by atoms with Gasteiger partial charge in [-0.05, 0) is 42.0 Å². The fourth-order valence-electron chi connectivity index (χ4n) is 2.85. The molecule has 170 valence electrons. The fraction of sp³-hybridized carbons (Fsp3) is 0.417. The van der Waals surface area contributed by atoms with Crippen molar-refractivity contribution in [1.82, 2.24) is 5.43 Å². The summed E-state index contributed by atoms with van der Waals surface area (Å²) >= 11 is 1.58. The fourth-order valence-corrected chi connectivity index (χ4v) is 3.64. The first-order valence-corrected chi connectivity index (χ1v) is 12.0. The molecule has 2 aromatic rings. The van der Waals surface area contributed by atoms with E-state index < -0.39 is 0 Å². The lowest BCUT2D eigenvalue weighted by molar-refractivity contribution is 0.679. The van der Waals surface area contributed by atoms with Gasteiger partial charge < -0.3 is 11.2 Å². The molecule has 0 saturated heterocycles. The molecule has 0 heterocycles. The number of hydrogen-bond acceptors (Lipinski definition) is 6. The minimum absolute atomic E-state index is 0.00911. The van der Waals surface area contributed by atoms with Gasteiger partial charge in [-0.25, -0.2) is 5.84 Å². The highest BCUT2D eigenvalue weighted by molar-refractivity contribution is 8.13. The maximum Gasteiger partial charge on any atom is 0.171 e. The third-order valence-electron chi connectivity index (χ3n) is 4.39. The summed E-state index contributed by atoms with van der Waals surface area (Å²) in [4.78, 5) is 4.72. The largest absolute Gasteiger partial charge is 0.328 e. The van der Waals surface area contributed by atoms with E-state index in [0.717, 1.165) is 30.7 Å². The topological polar surface area (TPSA) is 101 Å². The molecule has 6 N–H and O–H groups in total. The third kappa shape index (κ3) is 10.0. The molecule has 7 heteroatoms. The molecule has 2 rings (SSSR count). The van der Waals surface area contributed by atoms with Gasteiger partial charge in [0.2, 0.25) is 0 Å². The Morgan fingerprint density at radius 1 is 1.10 bits per heavy atom. The molecule has 0 aromatic heterocycles. The first-order chi connectivity index (χ1) is 15.2. The van der Waals surface area contributed by atoms with Crippen molar-refractivity contribution in [2.75, 3.05) is 12.0 Å². The molecule has 0 aliphatic carbocycles. The molecular weight excluding hydrogens is 404 g/mol. The Balaban J connectivity index is 0.00000233. The van der Waals surface area contributed by atoms with Crippen LogP contribution in [0, 0.1) is 0 Å². The number of hydrazone groups is 1. The molecule has 0 fully saturated rings. The van der Waals surface area contributed by atoms with Gasteiger partial charge in [-0.1, -0.05) is 81.9 Å². The normalized spacial score (nSPS) is 12.3. The monoisotopic (exact) mass is 442 g/mol. The lowest BCUT2D eigenvalue weighted by atomic mass is 10.1. The van der Waals surface area contributed by atoms with Crippen molar-refractivity contribution >= 4 is 28.8 Å². The van der Waals surface area contributed by atoms with Gasteiger partial charge in [0.1, 0.15) is 0 Å². The van der Waals surface area contributed by atoms with Gasteiger partial charge in [0.05, 0.1) is 11.7 Å². The van der Waals surface area contributed by atoms with E-state index in [1.54, 1.807) is 11.8 Å². The van der Waals surface area contributed by atoms with E-state index in [4.69, 9.17) is 16.6 Å². The Morgan fingerprint density at radius 3 is 2.45 bits per heavy atom. The zero-order valence-electron chi connectivity index (χ0n) is 19.3. The van der Waals surface area contributed by atoms with Crippen LogP contribution in [0.25, 0.3) is 0 Å². The van der Waals surface area contributed by atoms with Crippen molar-refractivity contribution in [1.29, 1.82) is 0 Å². The summed E-state index contributed by atoms with van der Waals surface area (Å²) in [5.74, 6) is 6.49. The highest BCUT2D eigenvalue weighted by Gasteiger charge is 2.09. The van der Waals surface area contributed by atoms with E-state index in [0.29, 0.717) is 11.7 Å². The number of aliphatic imine (C=N–C) groups is 1. The average molecular weight is 443 g/mol. The highest BCUT2D eigenvalue weighted by Crippen LogP contribution is 2.22. The van der Waals surface area contributed by atoms with E-state index in [9.17, 15) is 0 Å². The molecule has 0 bridgehead atoms. The lowest BCUT2D eigenvalue weighted by Gasteiger charge is -2.14. The maximum atomic E-state index is 5.93. The molecule has 0 radical (unpaired) electrons. The van der Waals surface area contributed by atoms with E-state index in [1.807, 2.05) is 38.3 Å². The number of hydrazine groups is 1. The van der Waals surface area contributed by atoms with Crippen molar-refractivity contribution in [2.24, 2.45) is 21.7 Å². The van der Waals surface area contributed by atoms with Gasteiger partial charge in [-0.3, -0.25) is 10.4 Å². The number of nitrogens with zero attached hydrogens (tertiary/aromatic N) is 2. The number of amidine groups is 1. The Hall–Kier alpha value is -2.35. The van der Waals surface area contributed by atoms with E-state index >= 15 is 0 Å². The molecule has 0 amide bonds. The molecule has 31 heavy (non-hydrogen) atoms. The van der Waals surface area contributed by atoms with Crippen molar-refractivity contribution in [3.05, 3.63) is 65.2 Å². The Kier molecular flexibility index (Phi) is 14.1. The Morgan fingerprint density at radius 2 is 1.84 bits per heavy atom. The lowest BCUT2D eigenvalue weighted by Crippen LogP contribution is -2.31. The van der Waals surface area contributed by atoms with E-state index in [-0.39, 0.29) is 6.04 Å². The summed E-state index contributed by atoms with van der Waals surface area (Å²) in [6, 6.07) is 16.6. The molecule has 0 spiro atoms. The van der Waals surface area contributed by atoms with Gasteiger partial charge in [-0.15, -0.1) is 0 Å². The molecule has 2 aromatic carbocycles. The van der Waals surface area contributed by atoms with Gasteiger partial charge in [-0.2, -0.15) is 5.10 Å². The predicted octanol–water partition coefficient (Wildman–Crippen LogP) is 4.71. The second-order valence-electron chi connectivity index (χ2n) is 6.62. The van der Waals surface area contributed by atoms with Crippen LogP contribution in [-0.2, 0) is 18.6 Å². The quantitative estimate of drug-likeness (QED) is 0.185. The third-order valence-corrected chi connectivity index (χ3v) is 5.37. The average Bonchev–Trinajstić information content (AvgIpc) is 2.83. The second kappa shape index (κ2) is 16.4. The number of rotatable bonds is 10. The van der Waals surface area contributed by atoms with E-state index in [1.165, 1.54) is 16.7 Å². The summed E-state index contributed by atoms with van der Waals surface area (Å²) in [7, 11) is 0. The molecule has 0 saturated carbocycles. The highest BCUT2D eigenvalue weighted by atomic mass is 32.2. The molecular formula is C24H38N6S. The number of nitrogens with one attached hydrogen (secondary N) is 2. The zero-order chi connectivity index (χ0) is 22.9. The van der Waals surface area contributed by atoms with Crippen molar-refractivity contribution in [3.8, 4) is 0 Å². The smallest absolute Gasteiger partial charge is 0.171 e. The van der Waals surface area contributed by atoms with Crippen LogP contribution < -0.4 is 22.4 Å². The number of anilines is 1. The molecule has 0 aliphatic heterocycles. The predicted molar refractivity (Wildman–Crippen MR) is 139 cm³/mol. The minimum Gasteiger partial charge on any atom is -0.328 e. The maximum absolute atomic E-state index is 5.93. The number of thioether (sulfide) groups is 1. The van der Waals surface area contributed by atoms with Crippen LogP contribution in [0.3, 0.4) is 0 Å². The summed E-state index contributed by atoms with van der Waals surface area (Å²) < 4.78 is 0. The molecule has 1 unspecified atom stereocenters. The summed E-state index contributed by atoms with van der Waals surface area (Å²) in [6.07, 6.45) is 4.50. The number of hydrogen-bond donors (Lipinski definition) is 4. The SMILES string of the molecule is CC.CC/C=N/Nc1ccc(CSC(=NC(CN)Cc2ccccc2)NN)cc1CC. The second-order valence-corrected chi connectivity index (χ2v) is 7.59. The van der Waals surface area contributed by atoms with Crippen molar-refractivity contribution in [3.63, 3.8) is 0 Å². The van der Waals surface area contributed by atoms with Gasteiger partial charge >= 0.3 is 0 Å². The zero-order valence-corrected chi connectivity index (χ0v) is 20.1. The first kappa shape index (κ1) is 26.7. The van der Waals surface area contributed by atoms with Crippen molar-refractivity contribution < 1.29 is 0 Å². The molecule has 6 nitrogen and oxygen atoms in total. The van der Waals surface area contributed by atoms with Crippen LogP contribution in [0.4, 0.5) is 5.69 Å². The van der Waals surface area contributed by atoms with Crippen LogP contribution in [0.2, 0.25) is 0 Å². The van der Waals surface area contributed by atoms with Crippen LogP contribution in [0.5, 0.6) is 0 Å². The van der Waals surface area contributed by atoms with Gasteiger partial charge in [0.15, 0.2) is 5.17 Å². The molecule has 1 atom stereocenters. The Labute approximate surface area is 192 Å². The van der Waals surface area contributed by atoms with Crippen LogP contribution in [0.1, 0.15) is 50.8 Å². The van der Waals surface area contributed by atoms with Gasteiger partial charge in [0, 0.05) is 18.5 Å². The Bertz CT molecular complexity index is 792. The first-order valence-electron chi connectivity index (χ1n) is 11.0. The number of aryl methyl sites for hydroxylation is 1. The number of nitrogens with two attached hydrogens (primary N) is 2. The summed E-state index contributed by atoms with van der Waals surface area (Å²) in [5.41, 5.74) is 16.5. The number of benzene rings is 2. The van der Waals surface area contributed by atoms with Crippen LogP contribution in [0.15, 0.2) is 58.6 Å². The van der Waals surface area contributed by atoms with Crippen molar-refractivity contribution in [2.45, 2.75) is 58.8 Å². The summed E-state index contributed by atoms with van der Waals surface area (Å²) in [5, 5.41) is 4.92. The standard InChI is InChI=1S/C22H32N6S.C2H6/c1-3-12-25-28-21-11-10-18(13-19(21)4-2)16-29-22(27-24)26-20(15-23)14-17-8-6-5-7-9-17;1-2/h5-13,20,28H,3-4,14-16,23-24H2,1-2H3,(H,26,27);1-2H3/b25-12+;. The van der Waals surface area contributed by atoms with Gasteiger partial charge in [0.25, 0.3) is 0 Å². The van der Waals surface area contributed by atoms with Crippen LogP contribution >= 0.6 is 11.8 Å². The molecule has 0 aliphatic rings. The van der Waals surface area contributed by atoms with Crippen LogP contribution in [-0.4, -0.2) is 24.0 Å². The minimum atomic E-state index is -0.00911.